The van der Waals surface area contributed by atoms with Crippen molar-refractivity contribution in [1.82, 2.24) is 5.32 Å². The van der Waals surface area contributed by atoms with E-state index in [4.69, 9.17) is 11.6 Å². The monoisotopic (exact) mass is 348 g/mol. The molecule has 1 fully saturated rings. The molecule has 6 heteroatoms. The molecule has 120 valence electrons. The van der Waals surface area contributed by atoms with Crippen molar-refractivity contribution in [3.05, 3.63) is 51.7 Å². The van der Waals surface area contributed by atoms with Gasteiger partial charge in [-0.15, -0.1) is 11.3 Å². The molecule has 1 aliphatic rings. The van der Waals surface area contributed by atoms with Crippen molar-refractivity contribution in [2.24, 2.45) is 5.92 Å². The molecule has 2 heterocycles. The summed E-state index contributed by atoms with van der Waals surface area (Å²) in [6.07, 6.45) is 0.216. The third kappa shape index (κ3) is 3.41. The first-order valence-corrected chi connectivity index (χ1v) is 8.70. The first-order chi connectivity index (χ1) is 11.1. The molecule has 1 N–H and O–H groups in total. The van der Waals surface area contributed by atoms with E-state index in [-0.39, 0.29) is 30.2 Å². The van der Waals surface area contributed by atoms with E-state index in [1.165, 1.54) is 0 Å². The van der Waals surface area contributed by atoms with Crippen molar-refractivity contribution in [3.8, 4) is 0 Å². The molecule has 1 saturated heterocycles. The lowest BCUT2D eigenvalue weighted by molar-refractivity contribution is -0.126. The Morgan fingerprint density at radius 1 is 1.35 bits per heavy atom. The van der Waals surface area contributed by atoms with Gasteiger partial charge in [0.15, 0.2) is 0 Å². The molecule has 0 bridgehead atoms. The summed E-state index contributed by atoms with van der Waals surface area (Å²) in [4.78, 5) is 27.4. The van der Waals surface area contributed by atoms with E-state index in [9.17, 15) is 9.59 Å². The maximum Gasteiger partial charge on any atom is 0.227 e. The van der Waals surface area contributed by atoms with Gasteiger partial charge in [-0.25, -0.2) is 0 Å². The average Bonchev–Trinajstić information content (AvgIpc) is 3.17. The Hall–Kier alpha value is -1.85. The van der Waals surface area contributed by atoms with E-state index >= 15 is 0 Å². The van der Waals surface area contributed by atoms with Gasteiger partial charge >= 0.3 is 0 Å². The fourth-order valence-corrected chi connectivity index (χ4v) is 3.70. The minimum Gasteiger partial charge on any atom is -0.348 e. The lowest BCUT2D eigenvalue weighted by Gasteiger charge is -2.19. The lowest BCUT2D eigenvalue weighted by Crippen LogP contribution is -2.34. The number of anilines is 1. The lowest BCUT2D eigenvalue weighted by atomic mass is 10.1. The fourth-order valence-electron chi connectivity index (χ4n) is 2.73. The maximum absolute atomic E-state index is 12.4. The third-order valence-electron chi connectivity index (χ3n) is 3.97. The SMILES string of the molecule is CC(NC(=O)C1CC(=O)N(c2ccccc2Cl)C1)c1cccs1. The number of carbonyl (C=O) groups excluding carboxylic acids is 2. The van der Waals surface area contributed by atoms with Gasteiger partial charge in [0, 0.05) is 17.8 Å². The molecular formula is C17H17ClN2O2S. The van der Waals surface area contributed by atoms with Crippen molar-refractivity contribution in [2.75, 3.05) is 11.4 Å². The van der Waals surface area contributed by atoms with E-state index < -0.39 is 0 Å². The van der Waals surface area contributed by atoms with Crippen molar-refractivity contribution in [3.63, 3.8) is 0 Å². The van der Waals surface area contributed by atoms with Crippen LogP contribution in [0.1, 0.15) is 24.3 Å². The van der Waals surface area contributed by atoms with Crippen molar-refractivity contribution >= 4 is 40.4 Å². The quantitative estimate of drug-likeness (QED) is 0.917. The normalized spacial score (nSPS) is 19.0. The molecule has 2 unspecified atom stereocenters. The average molecular weight is 349 g/mol. The molecule has 1 aromatic heterocycles. The molecule has 3 rings (SSSR count). The number of para-hydroxylation sites is 1. The van der Waals surface area contributed by atoms with E-state index in [1.54, 1.807) is 28.4 Å². The van der Waals surface area contributed by atoms with Gasteiger partial charge in [-0.2, -0.15) is 0 Å². The summed E-state index contributed by atoms with van der Waals surface area (Å²) in [5.74, 6) is -0.503. The van der Waals surface area contributed by atoms with Crippen LogP contribution in [-0.2, 0) is 9.59 Å². The number of hydrogen-bond donors (Lipinski definition) is 1. The number of carbonyl (C=O) groups is 2. The Kier molecular flexibility index (Phi) is 4.68. The summed E-state index contributed by atoms with van der Waals surface area (Å²) >= 11 is 7.76. The van der Waals surface area contributed by atoms with Gasteiger partial charge < -0.3 is 10.2 Å². The number of nitrogens with one attached hydrogen (secondary N) is 1. The molecule has 4 nitrogen and oxygen atoms in total. The van der Waals surface area contributed by atoms with E-state index in [0.29, 0.717) is 17.3 Å². The fraction of sp³-hybridized carbons (Fsp3) is 0.294. The van der Waals surface area contributed by atoms with Crippen LogP contribution in [0.5, 0.6) is 0 Å². The zero-order valence-corrected chi connectivity index (χ0v) is 14.2. The van der Waals surface area contributed by atoms with Crippen LogP contribution in [-0.4, -0.2) is 18.4 Å². The second-order valence-corrected chi connectivity index (χ2v) is 6.99. The molecule has 1 aliphatic heterocycles. The highest BCUT2D eigenvalue weighted by Crippen LogP contribution is 2.31. The van der Waals surface area contributed by atoms with Crippen LogP contribution in [0.25, 0.3) is 0 Å². The van der Waals surface area contributed by atoms with E-state index in [2.05, 4.69) is 5.32 Å². The number of benzene rings is 1. The highest BCUT2D eigenvalue weighted by Gasteiger charge is 2.36. The second kappa shape index (κ2) is 6.72. The van der Waals surface area contributed by atoms with Crippen LogP contribution in [0.4, 0.5) is 5.69 Å². The van der Waals surface area contributed by atoms with Crippen LogP contribution in [0.15, 0.2) is 41.8 Å². The summed E-state index contributed by atoms with van der Waals surface area (Å²) < 4.78 is 0. The summed E-state index contributed by atoms with van der Waals surface area (Å²) in [5.41, 5.74) is 0.667. The summed E-state index contributed by atoms with van der Waals surface area (Å²) in [5, 5.41) is 5.50. The molecule has 1 aromatic carbocycles. The van der Waals surface area contributed by atoms with Crippen molar-refractivity contribution in [1.29, 1.82) is 0 Å². The Balaban J connectivity index is 1.67. The molecular weight excluding hydrogens is 332 g/mol. The molecule has 2 atom stereocenters. The zero-order chi connectivity index (χ0) is 16.4. The molecule has 23 heavy (non-hydrogen) atoms. The summed E-state index contributed by atoms with van der Waals surface area (Å²) in [6, 6.07) is 11.1. The molecule has 0 saturated carbocycles. The first kappa shape index (κ1) is 16.0. The predicted molar refractivity (Wildman–Crippen MR) is 92.8 cm³/mol. The third-order valence-corrected chi connectivity index (χ3v) is 5.34. The van der Waals surface area contributed by atoms with E-state index in [1.807, 2.05) is 36.6 Å². The van der Waals surface area contributed by atoms with Gasteiger partial charge in [0.05, 0.1) is 22.7 Å². The standard InChI is InChI=1S/C17H17ClN2O2S/c1-11(15-7-4-8-23-15)19-17(22)12-9-16(21)20(10-12)14-6-3-2-5-13(14)18/h2-8,11-12H,9-10H2,1H3,(H,19,22). The van der Waals surface area contributed by atoms with Crippen LogP contribution in [0.3, 0.4) is 0 Å². The topological polar surface area (TPSA) is 49.4 Å². The molecule has 0 aliphatic carbocycles. The van der Waals surface area contributed by atoms with Crippen molar-refractivity contribution in [2.45, 2.75) is 19.4 Å². The van der Waals surface area contributed by atoms with Gasteiger partial charge in [0.2, 0.25) is 11.8 Å². The van der Waals surface area contributed by atoms with Crippen LogP contribution >= 0.6 is 22.9 Å². The second-order valence-electron chi connectivity index (χ2n) is 5.60. The molecule has 0 spiro atoms. The Bertz CT molecular complexity index is 717. The molecule has 0 radical (unpaired) electrons. The minimum absolute atomic E-state index is 0.0491. The summed E-state index contributed by atoms with van der Waals surface area (Å²) in [6.45, 7) is 2.32. The van der Waals surface area contributed by atoms with E-state index in [0.717, 1.165) is 4.88 Å². The maximum atomic E-state index is 12.4. The Labute approximate surface area is 144 Å². The van der Waals surface area contributed by atoms with Gasteiger partial charge in [0.1, 0.15) is 0 Å². The highest BCUT2D eigenvalue weighted by atomic mass is 35.5. The van der Waals surface area contributed by atoms with Gasteiger partial charge in [-0.05, 0) is 30.5 Å². The van der Waals surface area contributed by atoms with Crippen LogP contribution < -0.4 is 10.2 Å². The van der Waals surface area contributed by atoms with Crippen molar-refractivity contribution < 1.29 is 9.59 Å². The van der Waals surface area contributed by atoms with Gasteiger partial charge in [0.25, 0.3) is 0 Å². The van der Waals surface area contributed by atoms with Crippen LogP contribution in [0.2, 0.25) is 5.02 Å². The van der Waals surface area contributed by atoms with Gasteiger partial charge in [-0.1, -0.05) is 29.8 Å². The number of amides is 2. The Morgan fingerprint density at radius 3 is 2.83 bits per heavy atom. The molecule has 2 aromatic rings. The predicted octanol–water partition coefficient (Wildman–Crippen LogP) is 3.63. The molecule has 2 amide bonds. The van der Waals surface area contributed by atoms with Gasteiger partial charge in [-0.3, -0.25) is 9.59 Å². The zero-order valence-electron chi connectivity index (χ0n) is 12.7. The Morgan fingerprint density at radius 2 is 2.13 bits per heavy atom. The number of rotatable bonds is 4. The number of hydrogen-bond acceptors (Lipinski definition) is 3. The number of nitrogens with zero attached hydrogens (tertiary/aromatic N) is 1. The number of halogens is 1. The number of thiophene rings is 1. The first-order valence-electron chi connectivity index (χ1n) is 7.45. The summed E-state index contributed by atoms with van der Waals surface area (Å²) in [7, 11) is 0. The van der Waals surface area contributed by atoms with Crippen LogP contribution in [0, 0.1) is 5.92 Å². The minimum atomic E-state index is -0.346. The highest BCUT2D eigenvalue weighted by molar-refractivity contribution is 7.10. The smallest absolute Gasteiger partial charge is 0.227 e. The largest absolute Gasteiger partial charge is 0.348 e.